The minimum atomic E-state index is -0.571. The third-order valence-corrected chi connectivity index (χ3v) is 2.13. The maximum absolute atomic E-state index is 10.5. The fourth-order valence-electron chi connectivity index (χ4n) is 1.30. The second-order valence-electron chi connectivity index (χ2n) is 3.31. The van der Waals surface area contributed by atoms with Crippen molar-refractivity contribution in [2.75, 3.05) is 0 Å². The van der Waals surface area contributed by atoms with Crippen LogP contribution in [0.5, 0.6) is 5.75 Å². The van der Waals surface area contributed by atoms with Crippen molar-refractivity contribution in [3.63, 3.8) is 0 Å². The Labute approximate surface area is 96.4 Å². The van der Waals surface area contributed by atoms with Crippen molar-refractivity contribution in [3.05, 3.63) is 52.3 Å². The molecule has 0 aliphatic rings. The van der Waals surface area contributed by atoms with Crippen LogP contribution < -0.4 is 0 Å². The molecule has 1 aromatic carbocycles. The zero-order valence-electron chi connectivity index (χ0n) is 8.70. The SMILES string of the molecule is O=[N+]([O-])c1ccc(N=Cc2ccc[nH]2)c(O)c1. The first-order valence-corrected chi connectivity index (χ1v) is 4.81. The molecule has 86 valence electrons. The number of nitro groups is 1. The molecule has 1 aromatic heterocycles. The van der Waals surface area contributed by atoms with Gasteiger partial charge in [0.25, 0.3) is 5.69 Å². The summed E-state index contributed by atoms with van der Waals surface area (Å²) in [7, 11) is 0. The van der Waals surface area contributed by atoms with Gasteiger partial charge in [0, 0.05) is 12.3 Å². The first-order chi connectivity index (χ1) is 8.16. The topological polar surface area (TPSA) is 91.5 Å². The fraction of sp³-hybridized carbons (Fsp3) is 0. The van der Waals surface area contributed by atoms with Gasteiger partial charge in [-0.2, -0.15) is 0 Å². The number of aromatic nitrogens is 1. The fourth-order valence-corrected chi connectivity index (χ4v) is 1.30. The molecule has 1 heterocycles. The minimum absolute atomic E-state index is 0.165. The highest BCUT2D eigenvalue weighted by atomic mass is 16.6. The van der Waals surface area contributed by atoms with Gasteiger partial charge >= 0.3 is 0 Å². The maximum atomic E-state index is 10.5. The van der Waals surface area contributed by atoms with Crippen LogP contribution >= 0.6 is 0 Å². The second kappa shape index (κ2) is 4.48. The average molecular weight is 231 g/mol. The second-order valence-corrected chi connectivity index (χ2v) is 3.31. The molecule has 0 amide bonds. The smallest absolute Gasteiger partial charge is 0.273 e. The molecular weight excluding hydrogens is 222 g/mol. The number of non-ortho nitro benzene ring substituents is 1. The summed E-state index contributed by atoms with van der Waals surface area (Å²) in [5, 5.41) is 20.0. The molecule has 17 heavy (non-hydrogen) atoms. The summed E-state index contributed by atoms with van der Waals surface area (Å²) in [6, 6.07) is 7.39. The summed E-state index contributed by atoms with van der Waals surface area (Å²) in [4.78, 5) is 16.8. The Hall–Kier alpha value is -2.63. The van der Waals surface area contributed by atoms with E-state index in [-0.39, 0.29) is 17.1 Å². The highest BCUT2D eigenvalue weighted by molar-refractivity contribution is 5.80. The van der Waals surface area contributed by atoms with Gasteiger partial charge in [0.05, 0.1) is 22.9 Å². The van der Waals surface area contributed by atoms with E-state index in [4.69, 9.17) is 0 Å². The van der Waals surface area contributed by atoms with Gasteiger partial charge in [-0.1, -0.05) is 0 Å². The number of phenols is 1. The number of hydrogen-bond donors (Lipinski definition) is 2. The Kier molecular flexibility index (Phi) is 2.87. The summed E-state index contributed by atoms with van der Waals surface area (Å²) in [5.74, 6) is -0.220. The molecule has 0 bridgehead atoms. The van der Waals surface area contributed by atoms with E-state index in [1.807, 2.05) is 12.1 Å². The third-order valence-electron chi connectivity index (χ3n) is 2.13. The van der Waals surface area contributed by atoms with Crippen LogP contribution in [0.25, 0.3) is 0 Å². The van der Waals surface area contributed by atoms with Crippen LogP contribution in [0.4, 0.5) is 11.4 Å². The molecule has 0 fully saturated rings. The summed E-state index contributed by atoms with van der Waals surface area (Å²) < 4.78 is 0. The number of nitrogens with zero attached hydrogens (tertiary/aromatic N) is 2. The predicted molar refractivity (Wildman–Crippen MR) is 62.8 cm³/mol. The van der Waals surface area contributed by atoms with Crippen LogP contribution in [0.1, 0.15) is 5.69 Å². The van der Waals surface area contributed by atoms with Gasteiger partial charge < -0.3 is 10.1 Å². The van der Waals surface area contributed by atoms with Crippen LogP contribution in [0.15, 0.2) is 41.5 Å². The molecule has 0 saturated carbocycles. The predicted octanol–water partition coefficient (Wildman–Crippen LogP) is 2.38. The van der Waals surface area contributed by atoms with Crippen molar-refractivity contribution < 1.29 is 10.0 Å². The highest BCUT2D eigenvalue weighted by Gasteiger charge is 2.08. The van der Waals surface area contributed by atoms with Crippen LogP contribution in [0.3, 0.4) is 0 Å². The number of hydrogen-bond acceptors (Lipinski definition) is 4. The Morgan fingerprint density at radius 3 is 2.82 bits per heavy atom. The molecule has 6 nitrogen and oxygen atoms in total. The monoisotopic (exact) mass is 231 g/mol. The molecule has 2 N–H and O–H groups in total. The molecule has 2 aromatic rings. The Morgan fingerprint density at radius 1 is 1.41 bits per heavy atom. The van der Waals surface area contributed by atoms with Crippen molar-refractivity contribution in [2.45, 2.75) is 0 Å². The number of rotatable bonds is 3. The maximum Gasteiger partial charge on any atom is 0.273 e. The van der Waals surface area contributed by atoms with Gasteiger partial charge in [-0.05, 0) is 18.2 Å². The zero-order chi connectivity index (χ0) is 12.3. The van der Waals surface area contributed by atoms with E-state index in [0.29, 0.717) is 0 Å². The number of aromatic amines is 1. The summed E-state index contributed by atoms with van der Waals surface area (Å²) in [6.45, 7) is 0. The van der Waals surface area contributed by atoms with Gasteiger partial charge in [-0.15, -0.1) is 0 Å². The largest absolute Gasteiger partial charge is 0.505 e. The van der Waals surface area contributed by atoms with E-state index >= 15 is 0 Å². The summed E-state index contributed by atoms with van der Waals surface area (Å²) in [5.41, 5.74) is 0.897. The Bertz CT molecular complexity index is 561. The quantitative estimate of drug-likeness (QED) is 0.482. The zero-order valence-corrected chi connectivity index (χ0v) is 8.70. The molecular formula is C11H9N3O3. The van der Waals surface area contributed by atoms with Gasteiger partial charge in [-0.25, -0.2) is 0 Å². The van der Waals surface area contributed by atoms with E-state index < -0.39 is 4.92 Å². The van der Waals surface area contributed by atoms with Crippen molar-refractivity contribution >= 4 is 17.6 Å². The normalized spacial score (nSPS) is 10.8. The number of aliphatic imine (C=N–C) groups is 1. The number of benzene rings is 1. The lowest BCUT2D eigenvalue weighted by Gasteiger charge is -1.97. The molecule has 0 spiro atoms. The Morgan fingerprint density at radius 2 is 2.24 bits per heavy atom. The molecule has 0 atom stereocenters. The first-order valence-electron chi connectivity index (χ1n) is 4.81. The minimum Gasteiger partial charge on any atom is -0.505 e. The molecule has 0 radical (unpaired) electrons. The van der Waals surface area contributed by atoms with E-state index in [2.05, 4.69) is 9.98 Å². The van der Waals surface area contributed by atoms with E-state index in [9.17, 15) is 15.2 Å². The molecule has 0 saturated heterocycles. The molecule has 6 heteroatoms. The van der Waals surface area contributed by atoms with Crippen molar-refractivity contribution in [1.82, 2.24) is 4.98 Å². The standard InChI is InChI=1S/C11H9N3O3/c15-11-6-9(14(16)17)3-4-10(11)13-7-8-2-1-5-12-8/h1-7,12,15H. The number of nitro benzene ring substituents is 1. The van der Waals surface area contributed by atoms with E-state index in [1.54, 1.807) is 6.20 Å². The van der Waals surface area contributed by atoms with Crippen LogP contribution in [0, 0.1) is 10.1 Å². The third kappa shape index (κ3) is 2.49. The summed E-state index contributed by atoms with van der Waals surface area (Å²) in [6.07, 6.45) is 3.28. The molecule has 2 rings (SSSR count). The first kappa shape index (κ1) is 10.9. The van der Waals surface area contributed by atoms with E-state index in [0.717, 1.165) is 11.8 Å². The van der Waals surface area contributed by atoms with Crippen LogP contribution in [-0.4, -0.2) is 21.2 Å². The van der Waals surface area contributed by atoms with Gasteiger partial charge in [0.1, 0.15) is 11.4 Å². The van der Waals surface area contributed by atoms with Crippen molar-refractivity contribution in [3.8, 4) is 5.75 Å². The molecule has 0 aliphatic carbocycles. The number of phenolic OH excluding ortho intramolecular Hbond substituents is 1. The van der Waals surface area contributed by atoms with Gasteiger partial charge in [0.2, 0.25) is 0 Å². The lowest BCUT2D eigenvalue weighted by molar-refractivity contribution is -0.384. The van der Waals surface area contributed by atoms with Crippen LogP contribution in [0.2, 0.25) is 0 Å². The lowest BCUT2D eigenvalue weighted by atomic mass is 10.2. The van der Waals surface area contributed by atoms with Crippen molar-refractivity contribution in [1.29, 1.82) is 0 Å². The Balaban J connectivity index is 2.25. The van der Waals surface area contributed by atoms with Gasteiger partial charge in [-0.3, -0.25) is 15.1 Å². The van der Waals surface area contributed by atoms with Gasteiger partial charge in [0.15, 0.2) is 0 Å². The van der Waals surface area contributed by atoms with Crippen molar-refractivity contribution in [2.24, 2.45) is 4.99 Å². The summed E-state index contributed by atoms with van der Waals surface area (Å²) >= 11 is 0. The number of aromatic hydroxyl groups is 1. The molecule has 0 unspecified atom stereocenters. The van der Waals surface area contributed by atoms with E-state index in [1.165, 1.54) is 18.3 Å². The van der Waals surface area contributed by atoms with Crippen LogP contribution in [-0.2, 0) is 0 Å². The lowest BCUT2D eigenvalue weighted by Crippen LogP contribution is -1.86. The number of H-pyrrole nitrogens is 1. The average Bonchev–Trinajstić information content (AvgIpc) is 2.80. The molecule has 0 aliphatic heterocycles. The number of nitrogens with one attached hydrogen (secondary N) is 1. The highest BCUT2D eigenvalue weighted by Crippen LogP contribution is 2.29.